The van der Waals surface area contributed by atoms with Crippen molar-refractivity contribution in [3.05, 3.63) is 66.2 Å². The Labute approximate surface area is 138 Å². The second-order valence-electron chi connectivity index (χ2n) is 5.52. The van der Waals surface area contributed by atoms with Crippen molar-refractivity contribution in [3.63, 3.8) is 0 Å². The summed E-state index contributed by atoms with van der Waals surface area (Å²) in [7, 11) is 0. The van der Waals surface area contributed by atoms with E-state index in [0.29, 0.717) is 5.82 Å². The molecule has 0 fully saturated rings. The average molecular weight is 317 g/mol. The number of pyridine rings is 1. The Bertz CT molecular complexity index is 957. The van der Waals surface area contributed by atoms with Crippen LogP contribution in [0.25, 0.3) is 22.8 Å². The Morgan fingerprint density at radius 2 is 2.00 bits per heavy atom. The maximum absolute atomic E-state index is 4.47. The molecule has 0 unspecified atom stereocenters. The van der Waals surface area contributed by atoms with Gasteiger partial charge in [0.05, 0.1) is 12.0 Å². The summed E-state index contributed by atoms with van der Waals surface area (Å²) >= 11 is 0. The van der Waals surface area contributed by atoms with E-state index in [4.69, 9.17) is 0 Å². The van der Waals surface area contributed by atoms with Gasteiger partial charge in [0.15, 0.2) is 0 Å². The van der Waals surface area contributed by atoms with Crippen molar-refractivity contribution in [2.24, 2.45) is 0 Å². The Balaban J connectivity index is 1.61. The van der Waals surface area contributed by atoms with Gasteiger partial charge < -0.3 is 4.57 Å². The normalized spacial score (nSPS) is 10.9. The van der Waals surface area contributed by atoms with Crippen molar-refractivity contribution < 1.29 is 0 Å². The molecule has 0 saturated carbocycles. The Hall–Kier alpha value is -3.35. The topological polar surface area (TPSA) is 85.2 Å². The number of aryl methyl sites for hydroxylation is 1. The van der Waals surface area contributed by atoms with E-state index in [0.717, 1.165) is 23.5 Å². The number of tetrazole rings is 1. The van der Waals surface area contributed by atoms with Gasteiger partial charge in [0, 0.05) is 24.5 Å². The summed E-state index contributed by atoms with van der Waals surface area (Å²) in [5, 5.41) is 14.0. The summed E-state index contributed by atoms with van der Waals surface area (Å²) in [6.45, 7) is 2.90. The molecule has 0 spiro atoms. The molecular weight excluding hydrogens is 302 g/mol. The second-order valence-corrected chi connectivity index (χ2v) is 5.52. The maximum Gasteiger partial charge on any atom is 0.204 e. The number of benzene rings is 1. The number of rotatable bonds is 4. The molecule has 4 aromatic rings. The summed E-state index contributed by atoms with van der Waals surface area (Å²) in [5.74, 6) is 0.540. The minimum atomic E-state index is 0.540. The van der Waals surface area contributed by atoms with Crippen LogP contribution < -0.4 is 0 Å². The van der Waals surface area contributed by atoms with Gasteiger partial charge in [-0.1, -0.05) is 24.3 Å². The highest BCUT2D eigenvalue weighted by Gasteiger charge is 2.09. The highest BCUT2D eigenvalue weighted by Crippen LogP contribution is 2.21. The van der Waals surface area contributed by atoms with Crippen LogP contribution in [0.2, 0.25) is 0 Å². The lowest BCUT2D eigenvalue weighted by molar-refractivity contribution is 0.792. The zero-order chi connectivity index (χ0) is 16.4. The standard InChI is InChI=1S/C17H15N7/c1-12-4-2-3-5-14(12)9-24-10-16(19-11-24)15-8-13(6-7-18-15)17-20-22-23-21-17/h2-8,10-11H,9H2,1H3,(H,20,21,22,23). The lowest BCUT2D eigenvalue weighted by Gasteiger charge is -2.05. The van der Waals surface area contributed by atoms with Crippen LogP contribution in [0.5, 0.6) is 0 Å². The monoisotopic (exact) mass is 317 g/mol. The number of nitrogens with zero attached hydrogens (tertiary/aromatic N) is 6. The number of H-pyrrole nitrogens is 1. The number of hydrogen-bond donors (Lipinski definition) is 1. The molecule has 0 aliphatic rings. The molecule has 7 nitrogen and oxygen atoms in total. The van der Waals surface area contributed by atoms with E-state index < -0.39 is 0 Å². The van der Waals surface area contributed by atoms with Crippen molar-refractivity contribution in [2.45, 2.75) is 13.5 Å². The van der Waals surface area contributed by atoms with E-state index in [-0.39, 0.29) is 0 Å². The SMILES string of the molecule is Cc1ccccc1Cn1cnc(-c2cc(-c3nn[nH]n3)ccn2)c1. The molecule has 0 radical (unpaired) electrons. The zero-order valence-corrected chi connectivity index (χ0v) is 13.1. The predicted octanol–water partition coefficient (Wildman–Crippen LogP) is 2.48. The number of aromatic amines is 1. The number of aromatic nitrogens is 7. The predicted molar refractivity (Wildman–Crippen MR) is 88.9 cm³/mol. The molecule has 0 aliphatic carbocycles. The van der Waals surface area contributed by atoms with Crippen molar-refractivity contribution in [1.82, 2.24) is 35.2 Å². The molecule has 7 heteroatoms. The fourth-order valence-electron chi connectivity index (χ4n) is 2.56. The smallest absolute Gasteiger partial charge is 0.204 e. The molecular formula is C17H15N7. The van der Waals surface area contributed by atoms with Crippen molar-refractivity contribution in [1.29, 1.82) is 0 Å². The van der Waals surface area contributed by atoms with Gasteiger partial charge in [-0.2, -0.15) is 5.21 Å². The van der Waals surface area contributed by atoms with E-state index in [9.17, 15) is 0 Å². The first kappa shape index (κ1) is 14.3. The molecule has 1 aromatic carbocycles. The Morgan fingerprint density at radius 1 is 1.08 bits per heavy atom. The summed E-state index contributed by atoms with van der Waals surface area (Å²) in [5.41, 5.74) is 4.98. The molecule has 118 valence electrons. The summed E-state index contributed by atoms with van der Waals surface area (Å²) in [6, 6.07) is 12.1. The summed E-state index contributed by atoms with van der Waals surface area (Å²) < 4.78 is 2.06. The first-order valence-corrected chi connectivity index (χ1v) is 7.56. The average Bonchev–Trinajstić information content (AvgIpc) is 3.29. The van der Waals surface area contributed by atoms with E-state index in [1.807, 2.05) is 30.7 Å². The van der Waals surface area contributed by atoms with Crippen LogP contribution in [-0.4, -0.2) is 35.2 Å². The van der Waals surface area contributed by atoms with Gasteiger partial charge in [0.1, 0.15) is 5.69 Å². The first-order chi connectivity index (χ1) is 11.8. The summed E-state index contributed by atoms with van der Waals surface area (Å²) in [4.78, 5) is 8.87. The largest absolute Gasteiger partial charge is 0.332 e. The van der Waals surface area contributed by atoms with Crippen LogP contribution in [-0.2, 0) is 6.54 Å². The Kier molecular flexibility index (Phi) is 3.59. The summed E-state index contributed by atoms with van der Waals surface area (Å²) in [6.07, 6.45) is 5.54. The van der Waals surface area contributed by atoms with Gasteiger partial charge in [0.2, 0.25) is 5.82 Å². The van der Waals surface area contributed by atoms with Gasteiger partial charge in [-0.25, -0.2) is 4.98 Å². The molecule has 24 heavy (non-hydrogen) atoms. The minimum Gasteiger partial charge on any atom is -0.332 e. The van der Waals surface area contributed by atoms with Gasteiger partial charge in [-0.15, -0.1) is 10.2 Å². The Morgan fingerprint density at radius 3 is 2.83 bits per heavy atom. The fourth-order valence-corrected chi connectivity index (χ4v) is 2.56. The lowest BCUT2D eigenvalue weighted by Crippen LogP contribution is -1.98. The van der Waals surface area contributed by atoms with Crippen LogP contribution in [0.1, 0.15) is 11.1 Å². The minimum absolute atomic E-state index is 0.540. The maximum atomic E-state index is 4.47. The molecule has 3 heterocycles. The molecule has 0 atom stereocenters. The molecule has 0 saturated heterocycles. The van der Waals surface area contributed by atoms with E-state index in [1.165, 1.54) is 11.1 Å². The molecule has 1 N–H and O–H groups in total. The van der Waals surface area contributed by atoms with E-state index >= 15 is 0 Å². The van der Waals surface area contributed by atoms with Crippen LogP contribution in [0.15, 0.2) is 55.1 Å². The van der Waals surface area contributed by atoms with Crippen LogP contribution >= 0.6 is 0 Å². The molecule has 0 aliphatic heterocycles. The van der Waals surface area contributed by atoms with Crippen LogP contribution in [0, 0.1) is 6.92 Å². The first-order valence-electron chi connectivity index (χ1n) is 7.56. The van der Waals surface area contributed by atoms with Gasteiger partial charge in [-0.05, 0) is 35.4 Å². The quantitative estimate of drug-likeness (QED) is 0.625. The van der Waals surface area contributed by atoms with Gasteiger partial charge in [-0.3, -0.25) is 4.98 Å². The third-order valence-corrected chi connectivity index (χ3v) is 3.87. The molecule has 0 amide bonds. The third kappa shape index (κ3) is 2.79. The van der Waals surface area contributed by atoms with Crippen molar-refractivity contribution in [2.75, 3.05) is 0 Å². The van der Waals surface area contributed by atoms with Gasteiger partial charge in [0.25, 0.3) is 0 Å². The van der Waals surface area contributed by atoms with Gasteiger partial charge >= 0.3 is 0 Å². The van der Waals surface area contributed by atoms with E-state index in [1.54, 1.807) is 6.20 Å². The second kappa shape index (κ2) is 6.04. The lowest BCUT2D eigenvalue weighted by atomic mass is 10.1. The van der Waals surface area contributed by atoms with Crippen molar-refractivity contribution in [3.8, 4) is 22.8 Å². The molecule has 0 bridgehead atoms. The number of hydrogen-bond acceptors (Lipinski definition) is 5. The van der Waals surface area contributed by atoms with E-state index in [2.05, 4.69) is 60.3 Å². The third-order valence-electron chi connectivity index (χ3n) is 3.87. The van der Waals surface area contributed by atoms with Crippen LogP contribution in [0.3, 0.4) is 0 Å². The number of imidazole rings is 1. The van der Waals surface area contributed by atoms with Crippen LogP contribution in [0.4, 0.5) is 0 Å². The molecule has 4 rings (SSSR count). The number of nitrogens with one attached hydrogen (secondary N) is 1. The van der Waals surface area contributed by atoms with Crippen molar-refractivity contribution >= 4 is 0 Å². The molecule has 3 aromatic heterocycles. The highest BCUT2D eigenvalue weighted by molar-refractivity contribution is 5.63. The fraction of sp³-hybridized carbons (Fsp3) is 0.118. The highest BCUT2D eigenvalue weighted by atomic mass is 15.5. The zero-order valence-electron chi connectivity index (χ0n) is 13.1.